The number of esters is 1. The van der Waals surface area contributed by atoms with Gasteiger partial charge in [0.15, 0.2) is 0 Å². The number of amides is 2. The maximum absolute atomic E-state index is 13.5. The molecule has 180 valence electrons. The van der Waals surface area contributed by atoms with Crippen molar-refractivity contribution in [3.8, 4) is 0 Å². The first kappa shape index (κ1) is 23.2. The number of benzene rings is 2. The summed E-state index contributed by atoms with van der Waals surface area (Å²) in [6, 6.07) is 15.8. The Hall–Kier alpha value is -3.56. The van der Waals surface area contributed by atoms with Gasteiger partial charge in [-0.05, 0) is 55.3 Å². The minimum atomic E-state index is -0.496. The van der Waals surface area contributed by atoms with Crippen molar-refractivity contribution >= 4 is 35.2 Å². The number of hydrogen-bond acceptors (Lipinski definition) is 7. The highest BCUT2D eigenvalue weighted by Gasteiger charge is 2.30. The predicted octanol–water partition coefficient (Wildman–Crippen LogP) is 4.04. The van der Waals surface area contributed by atoms with E-state index < -0.39 is 5.97 Å². The van der Waals surface area contributed by atoms with Crippen LogP contribution in [0.25, 0.3) is 0 Å². The minimum Gasteiger partial charge on any atom is -0.467 e. The number of nitrogens with zero attached hydrogens (tertiary/aromatic N) is 1. The number of hydrogen-bond donors (Lipinski definition) is 1. The average molecular weight is 493 g/mol. The van der Waals surface area contributed by atoms with Crippen molar-refractivity contribution in [1.82, 2.24) is 5.32 Å². The van der Waals surface area contributed by atoms with Crippen molar-refractivity contribution in [3.63, 3.8) is 0 Å². The molecule has 8 nitrogen and oxygen atoms in total. The molecule has 3 heterocycles. The highest BCUT2D eigenvalue weighted by Crippen LogP contribution is 2.41. The quantitative estimate of drug-likeness (QED) is 0.497. The fraction of sp³-hybridized carbons (Fsp3) is 0.269. The first-order valence-corrected chi connectivity index (χ1v) is 12.2. The molecule has 35 heavy (non-hydrogen) atoms. The van der Waals surface area contributed by atoms with Crippen LogP contribution in [0.4, 0.5) is 5.69 Å². The van der Waals surface area contributed by atoms with Crippen LogP contribution in [-0.4, -0.2) is 43.6 Å². The van der Waals surface area contributed by atoms with Gasteiger partial charge in [-0.2, -0.15) is 0 Å². The standard InChI is InChI=1S/C26H24N2O6S/c29-24(27-14-18-5-3-11-32-18)15-28-21-13-17(26(31)34-16-19-6-4-12-33-19)9-10-23(21)35-22-8-2-1-7-20(22)25(28)30/h1-3,5,7-11,13,19H,4,6,12,14-16H2,(H,27,29)/t19-/m1/s1. The second-order valence-corrected chi connectivity index (χ2v) is 9.35. The van der Waals surface area contributed by atoms with Crippen molar-refractivity contribution < 1.29 is 28.3 Å². The molecule has 1 N–H and O–H groups in total. The van der Waals surface area contributed by atoms with Crippen LogP contribution < -0.4 is 10.2 Å². The third-order valence-electron chi connectivity index (χ3n) is 5.83. The summed E-state index contributed by atoms with van der Waals surface area (Å²) in [6.45, 7) is 0.864. The third-order valence-corrected chi connectivity index (χ3v) is 6.97. The van der Waals surface area contributed by atoms with E-state index in [1.54, 1.807) is 42.5 Å². The third kappa shape index (κ3) is 5.26. The minimum absolute atomic E-state index is 0.0826. The van der Waals surface area contributed by atoms with Crippen molar-refractivity contribution in [3.05, 3.63) is 77.7 Å². The van der Waals surface area contributed by atoms with Gasteiger partial charge in [0.05, 0.1) is 35.7 Å². The van der Waals surface area contributed by atoms with E-state index in [4.69, 9.17) is 13.9 Å². The van der Waals surface area contributed by atoms with E-state index in [9.17, 15) is 14.4 Å². The summed E-state index contributed by atoms with van der Waals surface area (Å²) < 4.78 is 16.2. The van der Waals surface area contributed by atoms with E-state index in [0.717, 1.165) is 22.6 Å². The molecule has 2 aliphatic rings. The van der Waals surface area contributed by atoms with Gasteiger partial charge in [-0.25, -0.2) is 4.79 Å². The maximum Gasteiger partial charge on any atom is 0.338 e. The molecule has 0 radical (unpaired) electrons. The topological polar surface area (TPSA) is 98.1 Å². The van der Waals surface area contributed by atoms with E-state index in [0.29, 0.717) is 29.2 Å². The normalized spacial score (nSPS) is 16.9. The van der Waals surface area contributed by atoms with Crippen LogP contribution in [0.15, 0.2) is 75.1 Å². The van der Waals surface area contributed by atoms with Crippen LogP contribution in [0.5, 0.6) is 0 Å². The highest BCUT2D eigenvalue weighted by atomic mass is 32.2. The van der Waals surface area contributed by atoms with Crippen molar-refractivity contribution in [2.75, 3.05) is 24.7 Å². The molecule has 0 saturated carbocycles. The van der Waals surface area contributed by atoms with Crippen molar-refractivity contribution in [2.45, 2.75) is 35.3 Å². The average Bonchev–Trinajstić information content (AvgIpc) is 3.58. The fourth-order valence-corrected chi connectivity index (χ4v) is 5.09. The number of furan rings is 1. The Morgan fingerprint density at radius 1 is 1.11 bits per heavy atom. The lowest BCUT2D eigenvalue weighted by molar-refractivity contribution is -0.120. The maximum atomic E-state index is 13.5. The van der Waals surface area contributed by atoms with Crippen LogP contribution in [0.2, 0.25) is 0 Å². The summed E-state index contributed by atoms with van der Waals surface area (Å²) in [5, 5.41) is 2.78. The number of fused-ring (bicyclic) bond motifs is 2. The van der Waals surface area contributed by atoms with Gasteiger partial charge in [0.2, 0.25) is 5.91 Å². The first-order valence-electron chi connectivity index (χ1n) is 11.4. The Morgan fingerprint density at radius 2 is 2.00 bits per heavy atom. The zero-order chi connectivity index (χ0) is 24.2. The summed E-state index contributed by atoms with van der Waals surface area (Å²) >= 11 is 1.42. The van der Waals surface area contributed by atoms with Gasteiger partial charge in [-0.1, -0.05) is 23.9 Å². The van der Waals surface area contributed by atoms with Crippen LogP contribution in [0.3, 0.4) is 0 Å². The van der Waals surface area contributed by atoms with Gasteiger partial charge in [0.25, 0.3) is 5.91 Å². The molecule has 9 heteroatoms. The number of ether oxygens (including phenoxy) is 2. The summed E-state index contributed by atoms with van der Waals surface area (Å²) in [6.07, 6.45) is 3.27. The highest BCUT2D eigenvalue weighted by molar-refractivity contribution is 7.99. The van der Waals surface area contributed by atoms with Gasteiger partial charge in [0.1, 0.15) is 18.9 Å². The van der Waals surface area contributed by atoms with Crippen LogP contribution in [0.1, 0.15) is 39.3 Å². The van der Waals surface area contributed by atoms with Gasteiger partial charge in [-0.15, -0.1) is 0 Å². The number of anilines is 1. The number of carbonyl (C=O) groups excluding carboxylic acids is 3. The summed E-state index contributed by atoms with van der Waals surface area (Å²) in [4.78, 5) is 42.0. The smallest absolute Gasteiger partial charge is 0.338 e. The summed E-state index contributed by atoms with van der Waals surface area (Å²) in [5.41, 5.74) is 1.29. The lowest BCUT2D eigenvalue weighted by atomic mass is 10.1. The zero-order valence-corrected chi connectivity index (χ0v) is 19.7. The number of nitrogens with one attached hydrogen (secondary N) is 1. The molecule has 1 fully saturated rings. The molecule has 2 aromatic carbocycles. The number of rotatable bonds is 7. The van der Waals surface area contributed by atoms with Gasteiger partial charge in [0, 0.05) is 16.4 Å². The second kappa shape index (κ2) is 10.4. The largest absolute Gasteiger partial charge is 0.467 e. The van der Waals surface area contributed by atoms with Crippen LogP contribution >= 0.6 is 11.8 Å². The Labute approximate surface area is 206 Å². The molecular formula is C26H24N2O6S. The molecule has 0 spiro atoms. The first-order chi connectivity index (χ1) is 17.1. The van der Waals surface area contributed by atoms with Crippen molar-refractivity contribution in [1.29, 1.82) is 0 Å². The molecule has 1 saturated heterocycles. The predicted molar refractivity (Wildman–Crippen MR) is 128 cm³/mol. The molecule has 1 aromatic heterocycles. The zero-order valence-electron chi connectivity index (χ0n) is 18.9. The Kier molecular flexibility index (Phi) is 6.87. The Bertz CT molecular complexity index is 1240. The molecule has 3 aromatic rings. The molecule has 0 aliphatic carbocycles. The molecular weight excluding hydrogens is 468 g/mol. The van der Waals surface area contributed by atoms with E-state index in [1.807, 2.05) is 12.1 Å². The van der Waals surface area contributed by atoms with E-state index in [2.05, 4.69) is 5.32 Å². The van der Waals surface area contributed by atoms with E-state index >= 15 is 0 Å². The van der Waals surface area contributed by atoms with Gasteiger partial charge < -0.3 is 19.2 Å². The summed E-state index contributed by atoms with van der Waals surface area (Å²) in [7, 11) is 0. The van der Waals surface area contributed by atoms with Crippen molar-refractivity contribution in [2.24, 2.45) is 0 Å². The monoisotopic (exact) mass is 492 g/mol. The lowest BCUT2D eigenvalue weighted by Gasteiger charge is -2.23. The summed E-state index contributed by atoms with van der Waals surface area (Å²) in [5.74, 6) is -0.552. The molecule has 0 bridgehead atoms. The molecule has 2 amide bonds. The van der Waals surface area contributed by atoms with Crippen LogP contribution in [-0.2, 0) is 20.8 Å². The molecule has 0 unspecified atom stereocenters. The van der Waals surface area contributed by atoms with Crippen LogP contribution in [0, 0.1) is 0 Å². The van der Waals surface area contributed by atoms with Gasteiger partial charge in [-0.3, -0.25) is 14.5 Å². The number of carbonyl (C=O) groups is 3. The van der Waals surface area contributed by atoms with E-state index in [1.165, 1.54) is 22.9 Å². The molecule has 5 rings (SSSR count). The second-order valence-electron chi connectivity index (χ2n) is 8.26. The Morgan fingerprint density at radius 3 is 2.80 bits per heavy atom. The Balaban J connectivity index is 1.40. The van der Waals surface area contributed by atoms with Gasteiger partial charge >= 0.3 is 5.97 Å². The molecule has 1 atom stereocenters. The van der Waals surface area contributed by atoms with E-state index in [-0.39, 0.29) is 37.6 Å². The molecule has 2 aliphatic heterocycles. The lowest BCUT2D eigenvalue weighted by Crippen LogP contribution is -2.40. The SMILES string of the molecule is O=C(CN1C(=O)c2ccccc2Sc2ccc(C(=O)OC[C@H]3CCCO3)cc21)NCc1ccco1. The fourth-order valence-electron chi connectivity index (χ4n) is 4.03.